The van der Waals surface area contributed by atoms with Crippen LogP contribution in [0.3, 0.4) is 0 Å². The summed E-state index contributed by atoms with van der Waals surface area (Å²) < 4.78 is 40.5. The van der Waals surface area contributed by atoms with E-state index in [1.54, 1.807) is 35.5 Å². The van der Waals surface area contributed by atoms with E-state index in [0.717, 1.165) is 11.1 Å². The number of allylic oxidation sites excluding steroid dienone is 1. The highest BCUT2D eigenvalue weighted by atomic mass is 19.1. The van der Waals surface area contributed by atoms with Gasteiger partial charge in [-0.3, -0.25) is 4.79 Å². The molecule has 1 N–H and O–H groups in total. The van der Waals surface area contributed by atoms with Crippen LogP contribution in [-0.4, -0.2) is 41.3 Å². The van der Waals surface area contributed by atoms with Gasteiger partial charge < -0.3 is 29.0 Å². The van der Waals surface area contributed by atoms with Crippen molar-refractivity contribution in [3.05, 3.63) is 83.3 Å². The van der Waals surface area contributed by atoms with Crippen LogP contribution < -0.4 is 29.0 Å². The minimum atomic E-state index is -0.395. The molecule has 0 saturated heterocycles. The van der Waals surface area contributed by atoms with E-state index >= 15 is 0 Å². The topological polar surface area (TPSA) is 75.3 Å². The first kappa shape index (κ1) is 26.4. The molecule has 0 atom stereocenters. The maximum absolute atomic E-state index is 13.1. The van der Waals surface area contributed by atoms with E-state index < -0.39 is 5.82 Å². The Morgan fingerprint density at radius 3 is 1.75 bits per heavy atom. The Bertz CT molecular complexity index is 1200. The second-order valence-electron chi connectivity index (χ2n) is 7.76. The van der Waals surface area contributed by atoms with E-state index in [0.29, 0.717) is 52.8 Å². The number of hydrogen-bond donors (Lipinski definition) is 1. The molecule has 0 aliphatic rings. The van der Waals surface area contributed by atoms with E-state index in [4.69, 9.17) is 23.7 Å². The van der Waals surface area contributed by atoms with E-state index in [1.807, 2.05) is 24.3 Å². The van der Waals surface area contributed by atoms with Crippen molar-refractivity contribution in [2.24, 2.45) is 0 Å². The number of hydrogen-bond acceptors (Lipinski definition) is 7. The minimum Gasteiger partial charge on any atom is -0.493 e. The van der Waals surface area contributed by atoms with Crippen LogP contribution >= 0.6 is 0 Å². The van der Waals surface area contributed by atoms with Gasteiger partial charge in [0.15, 0.2) is 28.8 Å². The molecule has 3 rings (SSSR count). The monoisotopic (exact) mass is 495 g/mol. The molecule has 0 bridgehead atoms. The lowest BCUT2D eigenvalue weighted by Crippen LogP contribution is -2.02. The van der Waals surface area contributed by atoms with Crippen LogP contribution in [0.5, 0.6) is 28.7 Å². The van der Waals surface area contributed by atoms with Crippen LogP contribution in [-0.2, 0) is 12.8 Å². The van der Waals surface area contributed by atoms with Gasteiger partial charge in [-0.1, -0.05) is 0 Å². The maximum Gasteiger partial charge on any atom is 0.203 e. The molecule has 36 heavy (non-hydrogen) atoms. The predicted molar refractivity (Wildman–Crippen MR) is 137 cm³/mol. The molecule has 0 aliphatic heterocycles. The Morgan fingerprint density at radius 2 is 1.25 bits per heavy atom. The Kier molecular flexibility index (Phi) is 9.16. The zero-order chi connectivity index (χ0) is 26.1. The molecule has 0 radical (unpaired) electrons. The first-order valence-corrected chi connectivity index (χ1v) is 11.2. The molecule has 0 aliphatic carbocycles. The van der Waals surface area contributed by atoms with Crippen LogP contribution in [0.15, 0.2) is 60.8 Å². The molecule has 0 amide bonds. The van der Waals surface area contributed by atoms with Crippen molar-refractivity contribution < 1.29 is 32.9 Å². The molecule has 0 unspecified atom stereocenters. The fourth-order valence-corrected chi connectivity index (χ4v) is 3.76. The summed E-state index contributed by atoms with van der Waals surface area (Å²) in [5.74, 6) is 2.15. The summed E-state index contributed by atoms with van der Waals surface area (Å²) in [7, 11) is 7.85. The van der Waals surface area contributed by atoms with Gasteiger partial charge in [-0.2, -0.15) is 0 Å². The van der Waals surface area contributed by atoms with Crippen LogP contribution in [0.25, 0.3) is 0 Å². The average molecular weight is 496 g/mol. The lowest BCUT2D eigenvalue weighted by molar-refractivity contribution is 0.104. The summed E-state index contributed by atoms with van der Waals surface area (Å²) in [5, 5.41) is 3.10. The van der Waals surface area contributed by atoms with Crippen molar-refractivity contribution in [3.63, 3.8) is 0 Å². The number of ether oxygens (including phenoxy) is 5. The zero-order valence-corrected chi connectivity index (χ0v) is 21.0. The lowest BCUT2D eigenvalue weighted by Gasteiger charge is -2.16. The highest BCUT2D eigenvalue weighted by molar-refractivity contribution is 6.04. The molecule has 3 aromatic rings. The molecule has 0 saturated carbocycles. The van der Waals surface area contributed by atoms with Crippen molar-refractivity contribution in [2.45, 2.75) is 12.8 Å². The number of rotatable bonds is 12. The summed E-state index contributed by atoms with van der Waals surface area (Å²) in [6.45, 7) is 0. The first-order chi connectivity index (χ1) is 17.4. The molecular formula is C28H30FNO6. The molecule has 0 aromatic heterocycles. The summed E-state index contributed by atoms with van der Waals surface area (Å²) in [4.78, 5) is 12.4. The van der Waals surface area contributed by atoms with Crippen LogP contribution in [0.4, 0.5) is 10.1 Å². The summed E-state index contributed by atoms with van der Waals surface area (Å²) in [6, 6.07) is 13.1. The highest BCUT2D eigenvalue weighted by Gasteiger charge is 2.15. The van der Waals surface area contributed by atoms with Crippen molar-refractivity contribution >= 4 is 11.5 Å². The van der Waals surface area contributed by atoms with Crippen LogP contribution in [0.2, 0.25) is 0 Å². The summed E-state index contributed by atoms with van der Waals surface area (Å²) in [6.07, 6.45) is 4.28. The first-order valence-electron chi connectivity index (χ1n) is 11.2. The highest BCUT2D eigenvalue weighted by Crippen LogP contribution is 2.39. The Labute approximate surface area is 210 Å². The van der Waals surface area contributed by atoms with Gasteiger partial charge in [0.25, 0.3) is 0 Å². The Morgan fingerprint density at radius 1 is 0.750 bits per heavy atom. The molecule has 8 heteroatoms. The average Bonchev–Trinajstić information content (AvgIpc) is 2.90. The van der Waals surface area contributed by atoms with Crippen molar-refractivity contribution in [1.29, 1.82) is 0 Å². The van der Waals surface area contributed by atoms with Gasteiger partial charge in [0, 0.05) is 17.8 Å². The molecule has 3 aromatic carbocycles. The predicted octanol–water partition coefficient (Wildman–Crippen LogP) is 5.46. The third-order valence-corrected chi connectivity index (χ3v) is 5.57. The standard InChI is InChI=1S/C28H30FNO6/c1-32-24-15-18(6-7-19-16-25(33-2)28(36-5)26(17-19)34-3)14-22(27(24)35-4)30-13-12-23(31)20-8-10-21(29)11-9-20/h8-17,30H,6-7H2,1-5H3/b13-12-. The van der Waals surface area contributed by atoms with Gasteiger partial charge in [0.2, 0.25) is 5.75 Å². The number of benzene rings is 3. The van der Waals surface area contributed by atoms with Gasteiger partial charge in [0.1, 0.15) is 5.82 Å². The third-order valence-electron chi connectivity index (χ3n) is 5.57. The number of carbonyl (C=O) groups is 1. The molecule has 0 fully saturated rings. The molecule has 190 valence electrons. The van der Waals surface area contributed by atoms with E-state index in [2.05, 4.69) is 5.32 Å². The SMILES string of the molecule is COc1cc(CCc2cc(OC)c(OC)c(OC)c2)cc(N/C=C\C(=O)c2ccc(F)cc2)c1OC. The van der Waals surface area contributed by atoms with Gasteiger partial charge in [-0.05, 0) is 72.5 Å². The summed E-state index contributed by atoms with van der Waals surface area (Å²) >= 11 is 0. The Hall–Kier alpha value is -4.20. The number of carbonyl (C=O) groups excluding carboxylic acids is 1. The normalized spacial score (nSPS) is 10.7. The smallest absolute Gasteiger partial charge is 0.203 e. The fraction of sp³-hybridized carbons (Fsp3) is 0.250. The van der Waals surface area contributed by atoms with Gasteiger partial charge in [-0.25, -0.2) is 4.39 Å². The number of anilines is 1. The second-order valence-corrected chi connectivity index (χ2v) is 7.76. The lowest BCUT2D eigenvalue weighted by atomic mass is 10.0. The maximum atomic E-state index is 13.1. The number of ketones is 1. The second kappa shape index (κ2) is 12.5. The zero-order valence-electron chi connectivity index (χ0n) is 21.0. The molecule has 0 heterocycles. The van der Waals surface area contributed by atoms with E-state index in [-0.39, 0.29) is 5.78 Å². The van der Waals surface area contributed by atoms with Crippen molar-refractivity contribution in [2.75, 3.05) is 40.9 Å². The fourth-order valence-electron chi connectivity index (χ4n) is 3.76. The van der Waals surface area contributed by atoms with Crippen molar-refractivity contribution in [1.82, 2.24) is 0 Å². The third kappa shape index (κ3) is 6.27. The number of methoxy groups -OCH3 is 5. The van der Waals surface area contributed by atoms with Crippen LogP contribution in [0, 0.1) is 5.82 Å². The van der Waals surface area contributed by atoms with Crippen molar-refractivity contribution in [3.8, 4) is 28.7 Å². The van der Waals surface area contributed by atoms with E-state index in [9.17, 15) is 9.18 Å². The molecular weight excluding hydrogens is 465 g/mol. The number of nitrogens with one attached hydrogen (secondary N) is 1. The Balaban J connectivity index is 1.81. The molecule has 7 nitrogen and oxygen atoms in total. The van der Waals surface area contributed by atoms with Crippen LogP contribution in [0.1, 0.15) is 21.5 Å². The van der Waals surface area contributed by atoms with Gasteiger partial charge in [0.05, 0.1) is 41.2 Å². The quantitative estimate of drug-likeness (QED) is 0.264. The van der Waals surface area contributed by atoms with Gasteiger partial charge in [-0.15, -0.1) is 0 Å². The van der Waals surface area contributed by atoms with Gasteiger partial charge >= 0.3 is 0 Å². The number of aryl methyl sites for hydroxylation is 2. The largest absolute Gasteiger partial charge is 0.493 e. The molecule has 0 spiro atoms. The van der Waals surface area contributed by atoms with E-state index in [1.165, 1.54) is 36.5 Å². The minimum absolute atomic E-state index is 0.257. The number of halogens is 1. The summed E-state index contributed by atoms with van der Waals surface area (Å²) in [5.41, 5.74) is 3.03.